The molecule has 3 N–H and O–H groups in total. The van der Waals surface area contributed by atoms with Crippen LogP contribution in [0.3, 0.4) is 0 Å². The van der Waals surface area contributed by atoms with Crippen molar-refractivity contribution in [3.8, 4) is 0 Å². The van der Waals surface area contributed by atoms with Crippen LogP contribution < -0.4 is 5.73 Å². The highest BCUT2D eigenvalue weighted by atomic mass is 16.3. The molecular weight excluding hydrogens is 272 g/mol. The van der Waals surface area contributed by atoms with Crippen LogP contribution in [-0.4, -0.2) is 41.3 Å². The van der Waals surface area contributed by atoms with Gasteiger partial charge in [-0.3, -0.25) is 4.90 Å². The molecule has 2 atom stereocenters. The van der Waals surface area contributed by atoms with Gasteiger partial charge in [-0.05, 0) is 26.7 Å². The standard InChI is InChI=1S/C16H26N2O.C3H6/c1-3-5-7-10-16(19)11-13-18(14-16)12-8-6-9-15(17)4-2;1-3-2/h3-8,10,15,19H,2,9,11-14,17H2,1H3;3H,1H2,2H3/b5-3-,8-6+,10-7+;. The molecule has 3 nitrogen and oxygen atoms in total. The van der Waals surface area contributed by atoms with Crippen molar-refractivity contribution < 1.29 is 5.11 Å². The molecule has 0 aliphatic carbocycles. The first kappa shape index (κ1) is 20.6. The Hall–Kier alpha value is -1.42. The average molecular weight is 304 g/mol. The third-order valence-corrected chi connectivity index (χ3v) is 3.31. The highest BCUT2D eigenvalue weighted by Gasteiger charge is 2.32. The second-order valence-electron chi connectivity index (χ2n) is 5.49. The molecule has 1 aliphatic rings. The molecule has 3 heteroatoms. The Morgan fingerprint density at radius 2 is 1.95 bits per heavy atom. The summed E-state index contributed by atoms with van der Waals surface area (Å²) in [5, 5.41) is 10.4. The Kier molecular flexibility index (Phi) is 11.4. The summed E-state index contributed by atoms with van der Waals surface area (Å²) in [4.78, 5) is 2.25. The van der Waals surface area contributed by atoms with E-state index in [-0.39, 0.29) is 6.04 Å². The summed E-state index contributed by atoms with van der Waals surface area (Å²) in [5.41, 5.74) is 5.06. The maximum atomic E-state index is 10.4. The van der Waals surface area contributed by atoms with E-state index in [0.29, 0.717) is 6.54 Å². The van der Waals surface area contributed by atoms with Crippen molar-refractivity contribution in [2.24, 2.45) is 5.73 Å². The van der Waals surface area contributed by atoms with E-state index < -0.39 is 5.60 Å². The third-order valence-electron chi connectivity index (χ3n) is 3.31. The number of likely N-dealkylation sites (tertiary alicyclic amines) is 1. The minimum Gasteiger partial charge on any atom is -0.384 e. The van der Waals surface area contributed by atoms with Gasteiger partial charge in [-0.1, -0.05) is 48.6 Å². The topological polar surface area (TPSA) is 49.5 Å². The monoisotopic (exact) mass is 304 g/mol. The number of nitrogens with zero attached hydrogens (tertiary/aromatic N) is 1. The lowest BCUT2D eigenvalue weighted by Gasteiger charge is -2.18. The van der Waals surface area contributed by atoms with Gasteiger partial charge in [-0.25, -0.2) is 0 Å². The summed E-state index contributed by atoms with van der Waals surface area (Å²) in [7, 11) is 0. The van der Waals surface area contributed by atoms with E-state index in [1.165, 1.54) is 0 Å². The van der Waals surface area contributed by atoms with Crippen LogP contribution in [0.4, 0.5) is 0 Å². The Morgan fingerprint density at radius 3 is 2.55 bits per heavy atom. The van der Waals surface area contributed by atoms with Gasteiger partial charge in [0.15, 0.2) is 0 Å². The van der Waals surface area contributed by atoms with Crippen LogP contribution in [0.15, 0.2) is 61.8 Å². The van der Waals surface area contributed by atoms with E-state index >= 15 is 0 Å². The molecule has 22 heavy (non-hydrogen) atoms. The molecule has 0 amide bonds. The van der Waals surface area contributed by atoms with Gasteiger partial charge < -0.3 is 10.8 Å². The maximum Gasteiger partial charge on any atom is 0.0969 e. The molecule has 0 aromatic carbocycles. The molecule has 0 radical (unpaired) electrons. The zero-order valence-electron chi connectivity index (χ0n) is 14.1. The van der Waals surface area contributed by atoms with Gasteiger partial charge in [-0.15, -0.1) is 13.2 Å². The first-order chi connectivity index (χ1) is 10.5. The Balaban J connectivity index is 0.00000135. The molecule has 1 fully saturated rings. The lowest BCUT2D eigenvalue weighted by Crippen LogP contribution is -2.31. The van der Waals surface area contributed by atoms with Crippen LogP contribution in [0.1, 0.15) is 26.7 Å². The molecule has 124 valence electrons. The summed E-state index contributed by atoms with van der Waals surface area (Å²) in [6, 6.07) is 0.0375. The van der Waals surface area contributed by atoms with Crippen molar-refractivity contribution in [3.63, 3.8) is 0 Å². The van der Waals surface area contributed by atoms with Crippen molar-refractivity contribution in [1.82, 2.24) is 4.90 Å². The summed E-state index contributed by atoms with van der Waals surface area (Å²) in [6.45, 7) is 13.4. The van der Waals surface area contributed by atoms with Crippen molar-refractivity contribution in [2.75, 3.05) is 19.6 Å². The van der Waals surface area contributed by atoms with Gasteiger partial charge in [0, 0.05) is 25.7 Å². The number of allylic oxidation sites excluding steroid dienone is 4. The van der Waals surface area contributed by atoms with Gasteiger partial charge in [0.05, 0.1) is 5.60 Å². The van der Waals surface area contributed by atoms with Crippen LogP contribution in [0.5, 0.6) is 0 Å². The molecule has 0 aromatic heterocycles. The Bertz CT molecular complexity index is 398. The van der Waals surface area contributed by atoms with E-state index in [4.69, 9.17) is 5.73 Å². The normalized spacial score (nSPS) is 23.8. The SMILES string of the molecule is C=CC.C=CC(N)C/C=C/CN1CCC(O)(/C=C/C=C\C)C1. The fourth-order valence-electron chi connectivity index (χ4n) is 2.11. The lowest BCUT2D eigenvalue weighted by molar-refractivity contribution is 0.100. The number of β-amino-alcohol motifs (C(OH)–C–C–N with tert-alkyl or cyclic N) is 1. The summed E-state index contributed by atoms with van der Waals surface area (Å²) in [6.07, 6.45) is 17.0. The first-order valence-electron chi connectivity index (χ1n) is 7.86. The summed E-state index contributed by atoms with van der Waals surface area (Å²) < 4.78 is 0. The Labute approximate surface area is 136 Å². The van der Waals surface area contributed by atoms with Crippen LogP contribution in [0.25, 0.3) is 0 Å². The van der Waals surface area contributed by atoms with E-state index in [1.54, 1.807) is 12.2 Å². The minimum atomic E-state index is -0.676. The van der Waals surface area contributed by atoms with Crippen molar-refractivity contribution in [2.45, 2.75) is 38.3 Å². The van der Waals surface area contributed by atoms with Gasteiger partial charge in [0.2, 0.25) is 0 Å². The van der Waals surface area contributed by atoms with Crippen molar-refractivity contribution >= 4 is 0 Å². The predicted octanol–water partition coefficient (Wildman–Crippen LogP) is 3.21. The fourth-order valence-corrected chi connectivity index (χ4v) is 2.11. The second kappa shape index (κ2) is 12.2. The molecular formula is C19H32N2O. The number of hydrogen-bond donors (Lipinski definition) is 2. The molecule has 0 aromatic rings. The Morgan fingerprint density at radius 1 is 1.27 bits per heavy atom. The van der Waals surface area contributed by atoms with Crippen molar-refractivity contribution in [3.05, 3.63) is 61.8 Å². The highest BCUT2D eigenvalue weighted by Crippen LogP contribution is 2.22. The number of rotatable bonds is 7. The number of aliphatic hydroxyl groups is 1. The molecule has 0 saturated carbocycles. The smallest absolute Gasteiger partial charge is 0.0969 e. The minimum absolute atomic E-state index is 0.0375. The first-order valence-corrected chi connectivity index (χ1v) is 7.86. The van der Waals surface area contributed by atoms with E-state index in [2.05, 4.69) is 30.2 Å². The van der Waals surface area contributed by atoms with E-state index in [1.807, 2.05) is 38.2 Å². The molecule has 0 spiro atoms. The summed E-state index contributed by atoms with van der Waals surface area (Å²) >= 11 is 0. The van der Waals surface area contributed by atoms with Crippen LogP contribution in [0, 0.1) is 0 Å². The summed E-state index contributed by atoms with van der Waals surface area (Å²) in [5.74, 6) is 0. The molecule has 1 heterocycles. The highest BCUT2D eigenvalue weighted by molar-refractivity contribution is 5.13. The second-order valence-corrected chi connectivity index (χ2v) is 5.49. The quantitative estimate of drug-likeness (QED) is 0.561. The predicted molar refractivity (Wildman–Crippen MR) is 97.8 cm³/mol. The average Bonchev–Trinajstić information content (AvgIpc) is 2.86. The van der Waals surface area contributed by atoms with Gasteiger partial charge in [-0.2, -0.15) is 0 Å². The van der Waals surface area contributed by atoms with Gasteiger partial charge in [0.1, 0.15) is 0 Å². The molecule has 0 bridgehead atoms. The zero-order valence-corrected chi connectivity index (χ0v) is 14.1. The number of nitrogens with two attached hydrogens (primary N) is 1. The van der Waals surface area contributed by atoms with Crippen molar-refractivity contribution in [1.29, 1.82) is 0 Å². The largest absolute Gasteiger partial charge is 0.384 e. The molecule has 1 saturated heterocycles. The third kappa shape index (κ3) is 9.50. The molecule has 1 rings (SSSR count). The molecule has 2 unspecified atom stereocenters. The van der Waals surface area contributed by atoms with Gasteiger partial charge >= 0.3 is 0 Å². The van der Waals surface area contributed by atoms with Crippen LogP contribution in [0.2, 0.25) is 0 Å². The lowest BCUT2D eigenvalue weighted by atomic mass is 10.0. The fraction of sp³-hybridized carbons (Fsp3) is 0.474. The molecule has 1 aliphatic heterocycles. The zero-order chi connectivity index (χ0) is 16.8. The van der Waals surface area contributed by atoms with E-state index in [9.17, 15) is 5.11 Å². The van der Waals surface area contributed by atoms with Crippen LogP contribution in [-0.2, 0) is 0 Å². The van der Waals surface area contributed by atoms with Gasteiger partial charge in [0.25, 0.3) is 0 Å². The maximum absolute atomic E-state index is 10.4. The number of hydrogen-bond acceptors (Lipinski definition) is 3. The van der Waals surface area contributed by atoms with E-state index in [0.717, 1.165) is 25.9 Å². The van der Waals surface area contributed by atoms with Crippen LogP contribution >= 0.6 is 0 Å².